The van der Waals surface area contributed by atoms with Crippen molar-refractivity contribution in [2.45, 2.75) is 20.4 Å². The van der Waals surface area contributed by atoms with E-state index in [2.05, 4.69) is 29.3 Å². The molecule has 0 atom stereocenters. The van der Waals surface area contributed by atoms with Crippen molar-refractivity contribution in [2.24, 2.45) is 5.92 Å². The van der Waals surface area contributed by atoms with E-state index in [-0.39, 0.29) is 0 Å². The van der Waals surface area contributed by atoms with Crippen LogP contribution in [0.1, 0.15) is 19.7 Å². The SMILES string of the molecule is CC(C)CNCc1nc(-c2ccccc2Cl)no1. The standard InChI is InChI=1S/C13H16ClN3O/c1-9(2)7-15-8-12-16-13(17-18-12)10-5-3-4-6-11(10)14/h3-6,9,15H,7-8H2,1-2H3. The average molecular weight is 266 g/mol. The zero-order valence-electron chi connectivity index (χ0n) is 10.5. The molecule has 5 heteroatoms. The van der Waals surface area contributed by atoms with Gasteiger partial charge in [-0.15, -0.1) is 0 Å². The maximum Gasteiger partial charge on any atom is 0.240 e. The van der Waals surface area contributed by atoms with Crippen molar-refractivity contribution >= 4 is 11.6 Å². The van der Waals surface area contributed by atoms with Crippen LogP contribution in [-0.4, -0.2) is 16.7 Å². The van der Waals surface area contributed by atoms with Gasteiger partial charge in [0.15, 0.2) is 0 Å². The van der Waals surface area contributed by atoms with Crippen molar-refractivity contribution in [3.05, 3.63) is 35.2 Å². The van der Waals surface area contributed by atoms with Gasteiger partial charge in [0, 0.05) is 5.56 Å². The third-order valence-corrected chi connectivity index (χ3v) is 2.74. The van der Waals surface area contributed by atoms with E-state index < -0.39 is 0 Å². The van der Waals surface area contributed by atoms with Crippen LogP contribution in [0.15, 0.2) is 28.8 Å². The van der Waals surface area contributed by atoms with Gasteiger partial charge in [-0.1, -0.05) is 42.7 Å². The molecule has 0 aliphatic rings. The molecule has 0 spiro atoms. The Hall–Kier alpha value is -1.39. The molecule has 4 nitrogen and oxygen atoms in total. The van der Waals surface area contributed by atoms with Gasteiger partial charge < -0.3 is 9.84 Å². The fourth-order valence-electron chi connectivity index (χ4n) is 1.55. The molecule has 0 unspecified atom stereocenters. The molecule has 0 aliphatic carbocycles. The van der Waals surface area contributed by atoms with Gasteiger partial charge in [-0.05, 0) is 24.6 Å². The lowest BCUT2D eigenvalue weighted by Gasteiger charge is -2.03. The van der Waals surface area contributed by atoms with Crippen LogP contribution in [0, 0.1) is 5.92 Å². The highest BCUT2D eigenvalue weighted by atomic mass is 35.5. The molecule has 1 N–H and O–H groups in total. The second-order valence-corrected chi connectivity index (χ2v) is 4.92. The molecule has 0 saturated heterocycles. The predicted octanol–water partition coefficient (Wildman–Crippen LogP) is 3.14. The summed E-state index contributed by atoms with van der Waals surface area (Å²) in [6.45, 7) is 5.80. The highest BCUT2D eigenvalue weighted by Gasteiger charge is 2.10. The Labute approximate surface area is 111 Å². The number of aromatic nitrogens is 2. The van der Waals surface area contributed by atoms with Crippen molar-refractivity contribution in [3.8, 4) is 11.4 Å². The maximum absolute atomic E-state index is 6.08. The van der Waals surface area contributed by atoms with Gasteiger partial charge >= 0.3 is 0 Å². The van der Waals surface area contributed by atoms with Gasteiger partial charge in [-0.25, -0.2) is 0 Å². The molecule has 0 radical (unpaired) electrons. The van der Waals surface area contributed by atoms with Crippen LogP contribution in [0.5, 0.6) is 0 Å². The summed E-state index contributed by atoms with van der Waals surface area (Å²) in [6, 6.07) is 7.45. The van der Waals surface area contributed by atoms with Crippen LogP contribution in [-0.2, 0) is 6.54 Å². The fraction of sp³-hybridized carbons (Fsp3) is 0.385. The first kappa shape index (κ1) is 13.1. The molecule has 2 rings (SSSR count). The molecule has 0 saturated carbocycles. The maximum atomic E-state index is 6.08. The van der Waals surface area contributed by atoms with Crippen LogP contribution in [0.25, 0.3) is 11.4 Å². The van der Waals surface area contributed by atoms with Gasteiger partial charge in [0.1, 0.15) is 0 Å². The summed E-state index contributed by atoms with van der Waals surface area (Å²) >= 11 is 6.08. The molecule has 0 fully saturated rings. The minimum Gasteiger partial charge on any atom is -0.338 e. The Morgan fingerprint density at radius 1 is 1.33 bits per heavy atom. The first-order valence-corrected chi connectivity index (χ1v) is 6.33. The Morgan fingerprint density at radius 3 is 2.83 bits per heavy atom. The van der Waals surface area contributed by atoms with Crippen LogP contribution < -0.4 is 5.32 Å². The van der Waals surface area contributed by atoms with E-state index in [0.29, 0.717) is 29.2 Å². The number of hydrogen-bond donors (Lipinski definition) is 1. The van der Waals surface area contributed by atoms with Crippen LogP contribution in [0.2, 0.25) is 5.02 Å². The Morgan fingerprint density at radius 2 is 2.11 bits per heavy atom. The summed E-state index contributed by atoms with van der Waals surface area (Å²) in [5, 5.41) is 7.81. The van der Waals surface area contributed by atoms with Crippen LogP contribution in [0.4, 0.5) is 0 Å². The van der Waals surface area contributed by atoms with E-state index in [9.17, 15) is 0 Å². The predicted molar refractivity (Wildman–Crippen MR) is 71.3 cm³/mol. The topological polar surface area (TPSA) is 51.0 Å². The van der Waals surface area contributed by atoms with Gasteiger partial charge in [-0.3, -0.25) is 0 Å². The second-order valence-electron chi connectivity index (χ2n) is 4.52. The Kier molecular flexibility index (Phi) is 4.33. The highest BCUT2D eigenvalue weighted by molar-refractivity contribution is 6.33. The monoisotopic (exact) mass is 265 g/mol. The van der Waals surface area contributed by atoms with E-state index in [1.807, 2.05) is 24.3 Å². The quantitative estimate of drug-likeness (QED) is 0.902. The second kappa shape index (κ2) is 5.98. The van der Waals surface area contributed by atoms with Gasteiger partial charge in [-0.2, -0.15) is 4.98 Å². The number of rotatable bonds is 5. The minimum absolute atomic E-state index is 0.530. The lowest BCUT2D eigenvalue weighted by atomic mass is 10.2. The van der Waals surface area contributed by atoms with Crippen LogP contribution >= 0.6 is 11.6 Å². The largest absolute Gasteiger partial charge is 0.338 e. The molecule has 0 aliphatic heterocycles. The van der Waals surface area contributed by atoms with E-state index >= 15 is 0 Å². The number of nitrogens with zero attached hydrogens (tertiary/aromatic N) is 2. The van der Waals surface area contributed by atoms with Crippen molar-refractivity contribution in [2.75, 3.05) is 6.54 Å². The Balaban J connectivity index is 2.04. The van der Waals surface area contributed by atoms with E-state index in [1.165, 1.54) is 0 Å². The zero-order valence-corrected chi connectivity index (χ0v) is 11.2. The molecule has 1 aromatic carbocycles. The first-order valence-electron chi connectivity index (χ1n) is 5.95. The molecule has 1 heterocycles. The number of benzene rings is 1. The molecule has 0 bridgehead atoms. The summed E-state index contributed by atoms with van der Waals surface area (Å²) in [7, 11) is 0. The van der Waals surface area contributed by atoms with E-state index in [1.54, 1.807) is 0 Å². The molecule has 2 aromatic rings. The van der Waals surface area contributed by atoms with Crippen molar-refractivity contribution < 1.29 is 4.52 Å². The van der Waals surface area contributed by atoms with Crippen molar-refractivity contribution in [3.63, 3.8) is 0 Å². The lowest BCUT2D eigenvalue weighted by Crippen LogP contribution is -2.19. The average Bonchev–Trinajstić information content (AvgIpc) is 2.78. The smallest absolute Gasteiger partial charge is 0.240 e. The lowest BCUT2D eigenvalue weighted by molar-refractivity contribution is 0.364. The third-order valence-electron chi connectivity index (χ3n) is 2.41. The van der Waals surface area contributed by atoms with E-state index in [4.69, 9.17) is 16.1 Å². The van der Waals surface area contributed by atoms with Crippen LogP contribution in [0.3, 0.4) is 0 Å². The summed E-state index contributed by atoms with van der Waals surface area (Å²) in [5.74, 6) is 1.70. The first-order chi connectivity index (χ1) is 8.66. The van der Waals surface area contributed by atoms with Crippen molar-refractivity contribution in [1.29, 1.82) is 0 Å². The molecule has 96 valence electrons. The molecule has 1 aromatic heterocycles. The van der Waals surface area contributed by atoms with Gasteiger partial charge in [0.05, 0.1) is 11.6 Å². The molecular formula is C13H16ClN3O. The van der Waals surface area contributed by atoms with Gasteiger partial charge in [0.25, 0.3) is 0 Å². The summed E-state index contributed by atoms with van der Waals surface area (Å²) < 4.78 is 5.17. The highest BCUT2D eigenvalue weighted by Crippen LogP contribution is 2.24. The third kappa shape index (κ3) is 3.31. The molecule has 0 amide bonds. The summed E-state index contributed by atoms with van der Waals surface area (Å²) in [6.07, 6.45) is 0. The number of halogens is 1. The molecular weight excluding hydrogens is 250 g/mol. The Bertz CT molecular complexity index is 510. The number of nitrogens with one attached hydrogen (secondary N) is 1. The van der Waals surface area contributed by atoms with E-state index in [0.717, 1.165) is 12.1 Å². The summed E-state index contributed by atoms with van der Waals surface area (Å²) in [5.41, 5.74) is 0.790. The number of hydrogen-bond acceptors (Lipinski definition) is 4. The molecule has 18 heavy (non-hydrogen) atoms. The summed E-state index contributed by atoms with van der Waals surface area (Å²) in [4.78, 5) is 4.31. The normalized spacial score (nSPS) is 11.1. The zero-order chi connectivity index (χ0) is 13.0. The fourth-order valence-corrected chi connectivity index (χ4v) is 1.77. The minimum atomic E-state index is 0.530. The van der Waals surface area contributed by atoms with Gasteiger partial charge in [0.2, 0.25) is 11.7 Å². The van der Waals surface area contributed by atoms with Crippen molar-refractivity contribution in [1.82, 2.24) is 15.5 Å².